The molecule has 30 valence electrons. The summed E-state index contributed by atoms with van der Waals surface area (Å²) in [5, 5.41) is 1.22. The van der Waals surface area contributed by atoms with Crippen molar-refractivity contribution in [3.8, 4) is 0 Å². The van der Waals surface area contributed by atoms with E-state index in [-0.39, 0.29) is 2.85 Å². The number of hydrogen-bond acceptors (Lipinski definition) is 0. The second-order valence-corrected chi connectivity index (χ2v) is 2.10. The fraction of sp³-hybridized carbons (Fsp3) is 1.00. The fourth-order valence-electron chi connectivity index (χ4n) is 0. The summed E-state index contributed by atoms with van der Waals surface area (Å²) < 4.78 is 0. The molecule has 0 spiro atoms. The van der Waals surface area contributed by atoms with Gasteiger partial charge in [-0.25, -0.2) is 0 Å². The first-order valence-electron chi connectivity index (χ1n) is 1.97. The molecule has 0 heterocycles. The third kappa shape index (κ3) is 4.53. The maximum atomic E-state index is 2.69. The predicted octanol–water partition coefficient (Wildman–Crippen LogP) is 1.45. The van der Waals surface area contributed by atoms with Crippen LogP contribution in [0.25, 0.3) is 0 Å². The van der Waals surface area contributed by atoms with Gasteiger partial charge in [0.15, 0.2) is 0 Å². The van der Waals surface area contributed by atoms with E-state index in [0.29, 0.717) is 0 Å². The SMILES string of the molecule is CC(C)[CH2][Al+2].[H-].[H-]. The van der Waals surface area contributed by atoms with Crippen molar-refractivity contribution < 1.29 is 2.85 Å². The predicted molar refractivity (Wildman–Crippen MR) is 27.6 cm³/mol. The zero-order chi connectivity index (χ0) is 4.28. The Hall–Kier alpha value is 0.532. The van der Waals surface area contributed by atoms with E-state index >= 15 is 0 Å². The summed E-state index contributed by atoms with van der Waals surface area (Å²) in [5.74, 6) is 0.847. The quantitative estimate of drug-likeness (QED) is 0.424. The van der Waals surface area contributed by atoms with Crippen molar-refractivity contribution in [3.05, 3.63) is 0 Å². The van der Waals surface area contributed by atoms with E-state index < -0.39 is 0 Å². The van der Waals surface area contributed by atoms with E-state index in [2.05, 4.69) is 30.1 Å². The summed E-state index contributed by atoms with van der Waals surface area (Å²) in [6.45, 7) is 4.40. The van der Waals surface area contributed by atoms with Crippen LogP contribution in [0.5, 0.6) is 0 Å². The minimum atomic E-state index is 0. The van der Waals surface area contributed by atoms with Crippen molar-refractivity contribution in [2.45, 2.75) is 19.1 Å². The third-order valence-electron chi connectivity index (χ3n) is 0.471. The van der Waals surface area contributed by atoms with Crippen molar-refractivity contribution in [3.63, 3.8) is 0 Å². The molecular weight excluding hydrogens is 75.0 g/mol. The van der Waals surface area contributed by atoms with Crippen molar-refractivity contribution >= 4 is 16.3 Å². The number of hydrogen-bond donors (Lipinski definition) is 0. The average molecular weight is 86.1 g/mol. The van der Waals surface area contributed by atoms with Gasteiger partial charge in [-0.3, -0.25) is 0 Å². The van der Waals surface area contributed by atoms with Gasteiger partial charge in [0.2, 0.25) is 0 Å². The van der Waals surface area contributed by atoms with Crippen LogP contribution in [0.2, 0.25) is 5.28 Å². The van der Waals surface area contributed by atoms with Crippen LogP contribution in [-0.4, -0.2) is 16.3 Å². The smallest absolute Gasteiger partial charge is 1.00 e. The molecule has 1 heteroatoms. The first-order valence-corrected chi connectivity index (χ1v) is 2.79. The molecule has 0 unspecified atom stereocenters. The summed E-state index contributed by atoms with van der Waals surface area (Å²) in [6, 6.07) is 0. The summed E-state index contributed by atoms with van der Waals surface area (Å²) in [4.78, 5) is 0. The molecule has 0 N–H and O–H groups in total. The van der Waals surface area contributed by atoms with E-state index in [1.54, 1.807) is 0 Å². The summed E-state index contributed by atoms with van der Waals surface area (Å²) in [6.07, 6.45) is 0. The molecule has 0 nitrogen and oxygen atoms in total. The van der Waals surface area contributed by atoms with Gasteiger partial charge in [0.1, 0.15) is 0 Å². The standard InChI is InChI=1S/C4H9.Al.2H/c1-4(2)3;;;/h4H,1H2,2-3H3;;;/q;+2;2*-1. The monoisotopic (exact) mass is 86.1 g/mol. The molecule has 0 aromatic heterocycles. The van der Waals surface area contributed by atoms with Gasteiger partial charge in [-0.2, -0.15) is 0 Å². The first kappa shape index (κ1) is 5.53. The van der Waals surface area contributed by atoms with Crippen LogP contribution in [-0.2, 0) is 0 Å². The molecule has 5 heavy (non-hydrogen) atoms. The largest absolute Gasteiger partial charge is 1.00 e. The van der Waals surface area contributed by atoms with E-state index in [1.807, 2.05) is 0 Å². The molecule has 0 rings (SSSR count). The molecule has 0 atom stereocenters. The average Bonchev–Trinajstić information content (AvgIpc) is 1.38. The maximum Gasteiger partial charge on any atom is -1.00 e. The van der Waals surface area contributed by atoms with Gasteiger partial charge in [-0.05, 0) is 0 Å². The molecule has 0 aromatic carbocycles. The summed E-state index contributed by atoms with van der Waals surface area (Å²) in [5.41, 5.74) is 0. The van der Waals surface area contributed by atoms with Gasteiger partial charge >= 0.3 is 41.3 Å². The van der Waals surface area contributed by atoms with Gasteiger partial charge in [0, 0.05) is 0 Å². The second-order valence-electron chi connectivity index (χ2n) is 1.63. The Morgan fingerprint density at radius 3 is 2.00 bits per heavy atom. The molecule has 0 amide bonds. The van der Waals surface area contributed by atoms with E-state index in [0.717, 1.165) is 5.92 Å². The van der Waals surface area contributed by atoms with E-state index in [1.165, 1.54) is 5.28 Å². The maximum absolute atomic E-state index is 2.69. The van der Waals surface area contributed by atoms with E-state index in [4.69, 9.17) is 0 Å². The molecule has 0 saturated carbocycles. The van der Waals surface area contributed by atoms with E-state index in [9.17, 15) is 0 Å². The number of rotatable bonds is 1. The zero-order valence-electron chi connectivity index (χ0n) is 5.86. The van der Waals surface area contributed by atoms with Crippen molar-refractivity contribution in [2.24, 2.45) is 5.92 Å². The Labute approximate surface area is 45.0 Å². The van der Waals surface area contributed by atoms with Crippen molar-refractivity contribution in [1.29, 1.82) is 0 Å². The fourth-order valence-corrected chi connectivity index (χ4v) is 0. The molecule has 0 radical (unpaired) electrons. The summed E-state index contributed by atoms with van der Waals surface area (Å²) >= 11 is 2.69. The molecule has 0 aliphatic carbocycles. The van der Waals surface area contributed by atoms with Crippen LogP contribution in [0.15, 0.2) is 0 Å². The zero-order valence-corrected chi connectivity index (χ0v) is 5.02. The van der Waals surface area contributed by atoms with Crippen LogP contribution in [0, 0.1) is 5.92 Å². The molecule has 0 aliphatic rings. The van der Waals surface area contributed by atoms with Gasteiger partial charge < -0.3 is 2.85 Å². The van der Waals surface area contributed by atoms with Gasteiger partial charge in [0.05, 0.1) is 0 Å². The Bertz CT molecular complexity index is 23.7. The van der Waals surface area contributed by atoms with Gasteiger partial charge in [-0.15, -0.1) is 0 Å². The molecule has 0 fully saturated rings. The van der Waals surface area contributed by atoms with Crippen molar-refractivity contribution in [1.82, 2.24) is 0 Å². The molecule has 0 bridgehead atoms. The normalized spacial score (nSPS) is 9.80. The molecular formula is C4H11Al. The molecule has 0 saturated heterocycles. The Kier molecular flexibility index (Phi) is 3.05. The molecule has 0 aliphatic heterocycles. The third-order valence-corrected chi connectivity index (χ3v) is 1.41. The van der Waals surface area contributed by atoms with Crippen molar-refractivity contribution in [2.75, 3.05) is 0 Å². The topological polar surface area (TPSA) is 0 Å². The van der Waals surface area contributed by atoms with Gasteiger partial charge in [-0.1, -0.05) is 0 Å². The molecule has 0 aromatic rings. The van der Waals surface area contributed by atoms with Crippen LogP contribution >= 0.6 is 0 Å². The van der Waals surface area contributed by atoms with Crippen LogP contribution in [0.3, 0.4) is 0 Å². The van der Waals surface area contributed by atoms with Crippen LogP contribution in [0.4, 0.5) is 0 Å². The summed E-state index contributed by atoms with van der Waals surface area (Å²) in [7, 11) is 0. The van der Waals surface area contributed by atoms with Crippen LogP contribution in [0.1, 0.15) is 16.7 Å². The minimum Gasteiger partial charge on any atom is -1.00 e. The first-order chi connectivity index (χ1) is 2.27. The van der Waals surface area contributed by atoms with Crippen LogP contribution < -0.4 is 0 Å². The Morgan fingerprint density at radius 1 is 1.80 bits per heavy atom. The minimum absolute atomic E-state index is 0. The van der Waals surface area contributed by atoms with Gasteiger partial charge in [0.25, 0.3) is 0 Å². The Morgan fingerprint density at radius 2 is 2.00 bits per heavy atom. The Balaban J connectivity index is -0.0000000800. The second kappa shape index (κ2) is 2.75.